The molecule has 2 atom stereocenters. The lowest BCUT2D eigenvalue weighted by molar-refractivity contribution is -0.144. The van der Waals surface area contributed by atoms with Gasteiger partial charge in [0.25, 0.3) is 5.91 Å². The number of aromatic nitrogens is 4. The van der Waals surface area contributed by atoms with Crippen molar-refractivity contribution in [3.8, 4) is 0 Å². The molecule has 2 saturated carbocycles. The van der Waals surface area contributed by atoms with Crippen LogP contribution < -0.4 is 10.6 Å². The highest BCUT2D eigenvalue weighted by atomic mass is 19.4. The molecule has 2 aliphatic rings. The van der Waals surface area contributed by atoms with Crippen LogP contribution in [0.2, 0.25) is 0 Å². The Balaban J connectivity index is 1.41. The maximum absolute atomic E-state index is 14.0. The number of hydrogen-bond donors (Lipinski definition) is 2. The van der Waals surface area contributed by atoms with Gasteiger partial charge >= 0.3 is 12.4 Å². The smallest absolute Gasteiger partial charge is 0.349 e. The molecule has 16 heteroatoms. The van der Waals surface area contributed by atoms with Crippen LogP contribution in [0.25, 0.3) is 5.65 Å². The monoisotopic (exact) mass is 632 g/mol. The van der Waals surface area contributed by atoms with Crippen molar-refractivity contribution in [2.24, 2.45) is 11.8 Å². The molecule has 0 radical (unpaired) electrons. The van der Waals surface area contributed by atoms with E-state index in [1.165, 1.54) is 16.9 Å². The number of fused-ring (bicyclic) bond motifs is 1. The number of pyridine rings is 1. The lowest BCUT2D eigenvalue weighted by atomic mass is 9.81. The minimum atomic E-state index is -4.79. The summed E-state index contributed by atoms with van der Waals surface area (Å²) < 4.78 is 107. The number of nitrogens with one attached hydrogen (secondary N) is 2. The Kier molecular flexibility index (Phi) is 8.55. The second-order valence-corrected chi connectivity index (χ2v) is 11.3. The number of halogens is 8. The van der Waals surface area contributed by atoms with Crippen molar-refractivity contribution in [2.75, 3.05) is 0 Å². The standard InChI is InChI=1S/C28H28F8N6O2/c29-26(30)9-6-16(7-10-26)24(41-25(44)18-2-1-3-20(38-18)28(34,35)36)19-14-42-21(39-19)12-17(13-37-42)23(15-4-5-15)40-22(43)8-11-27(31,32)33/h1-3,12-16,23-24H,4-11H2,(H,40,43)(H,41,44)/t23-,24+/m1/s1. The van der Waals surface area contributed by atoms with Crippen LogP contribution in [0.3, 0.4) is 0 Å². The number of rotatable bonds is 9. The molecule has 0 saturated heterocycles. The molecule has 0 bridgehead atoms. The molecule has 0 aromatic carbocycles. The van der Waals surface area contributed by atoms with E-state index in [2.05, 4.69) is 25.7 Å². The van der Waals surface area contributed by atoms with Crippen molar-refractivity contribution in [1.29, 1.82) is 0 Å². The first-order chi connectivity index (χ1) is 20.6. The van der Waals surface area contributed by atoms with Crippen molar-refractivity contribution in [1.82, 2.24) is 30.2 Å². The molecule has 44 heavy (non-hydrogen) atoms. The first-order valence-corrected chi connectivity index (χ1v) is 14.0. The summed E-state index contributed by atoms with van der Waals surface area (Å²) in [5.74, 6) is -5.12. The summed E-state index contributed by atoms with van der Waals surface area (Å²) in [7, 11) is 0. The summed E-state index contributed by atoms with van der Waals surface area (Å²) >= 11 is 0. The fourth-order valence-electron chi connectivity index (χ4n) is 5.40. The average molecular weight is 633 g/mol. The normalized spacial score (nSPS) is 19.0. The Morgan fingerprint density at radius 2 is 1.64 bits per heavy atom. The third kappa shape index (κ3) is 7.80. The molecule has 0 spiro atoms. The fourth-order valence-corrected chi connectivity index (χ4v) is 5.40. The summed E-state index contributed by atoms with van der Waals surface area (Å²) in [6, 6.07) is 2.88. The zero-order valence-corrected chi connectivity index (χ0v) is 23.1. The van der Waals surface area contributed by atoms with Crippen LogP contribution in [0.15, 0.2) is 36.7 Å². The Hall–Kier alpha value is -3.85. The van der Waals surface area contributed by atoms with E-state index >= 15 is 0 Å². The zero-order chi connectivity index (χ0) is 31.9. The summed E-state index contributed by atoms with van der Waals surface area (Å²) in [6.07, 6.45) is -7.72. The van der Waals surface area contributed by atoms with Gasteiger partial charge in [-0.3, -0.25) is 9.59 Å². The topological polar surface area (TPSA) is 101 Å². The van der Waals surface area contributed by atoms with E-state index in [1.807, 2.05) is 0 Å². The highest BCUT2D eigenvalue weighted by Gasteiger charge is 2.40. The summed E-state index contributed by atoms with van der Waals surface area (Å²) in [5.41, 5.74) is -0.793. The molecule has 2 aliphatic carbocycles. The van der Waals surface area contributed by atoms with E-state index in [0.717, 1.165) is 31.0 Å². The minimum Gasteiger partial charge on any atom is -0.349 e. The molecule has 2 amide bonds. The quantitative estimate of drug-likeness (QED) is 0.268. The van der Waals surface area contributed by atoms with Gasteiger partial charge in [0.15, 0.2) is 5.65 Å². The van der Waals surface area contributed by atoms with Gasteiger partial charge in [0, 0.05) is 19.3 Å². The van der Waals surface area contributed by atoms with Gasteiger partial charge in [0.05, 0.1) is 36.6 Å². The number of amides is 2. The van der Waals surface area contributed by atoms with Gasteiger partial charge in [-0.05, 0) is 61.3 Å². The molecule has 3 aromatic rings. The van der Waals surface area contributed by atoms with Crippen LogP contribution >= 0.6 is 0 Å². The van der Waals surface area contributed by atoms with Crippen LogP contribution in [0.5, 0.6) is 0 Å². The van der Waals surface area contributed by atoms with E-state index < -0.39 is 85.2 Å². The van der Waals surface area contributed by atoms with Crippen LogP contribution in [0.4, 0.5) is 35.1 Å². The molecule has 0 aliphatic heterocycles. The maximum atomic E-state index is 14.0. The van der Waals surface area contributed by atoms with Gasteiger partial charge in [0.2, 0.25) is 11.8 Å². The second-order valence-electron chi connectivity index (χ2n) is 11.3. The summed E-state index contributed by atoms with van der Waals surface area (Å²) in [6.45, 7) is 0. The van der Waals surface area contributed by atoms with E-state index in [9.17, 15) is 44.7 Å². The first kappa shape index (κ1) is 31.6. The highest BCUT2D eigenvalue weighted by Crippen LogP contribution is 2.43. The molecule has 238 valence electrons. The molecular weight excluding hydrogens is 604 g/mol. The van der Waals surface area contributed by atoms with Crippen LogP contribution in [-0.4, -0.2) is 43.5 Å². The molecule has 2 fully saturated rings. The number of carbonyl (C=O) groups is 2. The lowest BCUT2D eigenvalue weighted by Crippen LogP contribution is -2.37. The fraction of sp³-hybridized carbons (Fsp3) is 0.536. The number of imidazole rings is 1. The van der Waals surface area contributed by atoms with Gasteiger partial charge in [0.1, 0.15) is 11.4 Å². The van der Waals surface area contributed by atoms with Crippen LogP contribution in [0, 0.1) is 11.8 Å². The molecule has 3 aromatic heterocycles. The Morgan fingerprint density at radius 3 is 2.27 bits per heavy atom. The third-order valence-electron chi connectivity index (χ3n) is 7.88. The largest absolute Gasteiger partial charge is 0.433 e. The predicted molar refractivity (Wildman–Crippen MR) is 138 cm³/mol. The van der Waals surface area contributed by atoms with Gasteiger partial charge < -0.3 is 10.6 Å². The van der Waals surface area contributed by atoms with E-state index in [0.29, 0.717) is 5.56 Å². The van der Waals surface area contributed by atoms with Crippen molar-refractivity contribution in [2.45, 2.75) is 81.7 Å². The van der Waals surface area contributed by atoms with Crippen molar-refractivity contribution in [3.63, 3.8) is 0 Å². The van der Waals surface area contributed by atoms with E-state index in [-0.39, 0.29) is 30.1 Å². The Labute approximate surface area is 245 Å². The molecule has 8 nitrogen and oxygen atoms in total. The number of hydrogen-bond acceptors (Lipinski definition) is 5. The molecule has 3 heterocycles. The number of carbonyl (C=O) groups excluding carboxylic acids is 2. The molecule has 2 N–H and O–H groups in total. The van der Waals surface area contributed by atoms with Gasteiger partial charge in [-0.2, -0.15) is 31.4 Å². The lowest BCUT2D eigenvalue weighted by Gasteiger charge is -2.33. The number of alkyl halides is 8. The van der Waals surface area contributed by atoms with E-state index in [1.54, 1.807) is 6.07 Å². The van der Waals surface area contributed by atoms with Crippen LogP contribution in [-0.2, 0) is 11.0 Å². The minimum absolute atomic E-state index is 0.000533. The zero-order valence-electron chi connectivity index (χ0n) is 23.1. The summed E-state index contributed by atoms with van der Waals surface area (Å²) in [4.78, 5) is 33.3. The number of nitrogens with zero attached hydrogens (tertiary/aromatic N) is 4. The van der Waals surface area contributed by atoms with Gasteiger partial charge in [-0.25, -0.2) is 23.3 Å². The molecule has 0 unspecified atom stereocenters. The van der Waals surface area contributed by atoms with Gasteiger partial charge in [-0.1, -0.05) is 6.07 Å². The van der Waals surface area contributed by atoms with Crippen molar-refractivity contribution < 1.29 is 44.7 Å². The van der Waals surface area contributed by atoms with Gasteiger partial charge in [-0.15, -0.1) is 0 Å². The Morgan fingerprint density at radius 1 is 0.955 bits per heavy atom. The van der Waals surface area contributed by atoms with Crippen LogP contribution in [0.1, 0.15) is 90.9 Å². The predicted octanol–water partition coefficient (Wildman–Crippen LogP) is 6.35. The second kappa shape index (κ2) is 11.9. The highest BCUT2D eigenvalue weighted by molar-refractivity contribution is 5.92. The third-order valence-corrected chi connectivity index (χ3v) is 7.88. The van der Waals surface area contributed by atoms with E-state index in [4.69, 9.17) is 0 Å². The SMILES string of the molecule is O=C(CCC(F)(F)F)N[C@@H](c1cnn2cc([C@@H](NC(=O)c3cccc(C(F)(F)F)n3)C3CCC(F)(F)CC3)nc2c1)C1CC1. The maximum Gasteiger partial charge on any atom is 0.433 e. The molecule has 5 rings (SSSR count). The van der Waals surface area contributed by atoms with Crippen molar-refractivity contribution >= 4 is 17.5 Å². The first-order valence-electron chi connectivity index (χ1n) is 14.0. The average Bonchev–Trinajstić information content (AvgIpc) is 3.70. The summed E-state index contributed by atoms with van der Waals surface area (Å²) in [5, 5.41) is 9.59. The molecular formula is C28H28F8N6O2. The van der Waals surface area contributed by atoms with Crippen molar-refractivity contribution in [3.05, 3.63) is 59.3 Å². The Bertz CT molecular complexity index is 1510.